The summed E-state index contributed by atoms with van der Waals surface area (Å²) in [5.41, 5.74) is 0. The van der Waals surface area contributed by atoms with E-state index in [-0.39, 0.29) is 12.3 Å². The molecule has 96 valence electrons. The van der Waals surface area contributed by atoms with Gasteiger partial charge in [0.1, 0.15) is 6.04 Å². The van der Waals surface area contributed by atoms with Crippen LogP contribution in [0.15, 0.2) is 0 Å². The van der Waals surface area contributed by atoms with Gasteiger partial charge in [0.15, 0.2) is 0 Å². The van der Waals surface area contributed by atoms with Crippen molar-refractivity contribution in [2.45, 2.75) is 31.8 Å². The number of likely N-dealkylation sites (N-methyl/N-ethyl adjacent to an activating group) is 1. The molecule has 1 saturated heterocycles. The monoisotopic (exact) mass is 243 g/mol. The number of carbonyl (C=O) groups excluding carboxylic acids is 2. The molecule has 1 rings (SSSR count). The van der Waals surface area contributed by atoms with Crippen LogP contribution in [-0.4, -0.2) is 53.6 Å². The molecule has 3 amide bonds. The second-order valence-electron chi connectivity index (χ2n) is 4.22. The summed E-state index contributed by atoms with van der Waals surface area (Å²) in [4.78, 5) is 34.9. The molecule has 0 aliphatic carbocycles. The Hall–Kier alpha value is -1.79. The van der Waals surface area contributed by atoms with Crippen molar-refractivity contribution in [3.05, 3.63) is 0 Å². The first kappa shape index (κ1) is 13.3. The minimum absolute atomic E-state index is 0.119. The molecule has 0 bridgehead atoms. The minimum atomic E-state index is -0.977. The Balaban J connectivity index is 2.35. The van der Waals surface area contributed by atoms with Crippen molar-refractivity contribution in [2.24, 2.45) is 0 Å². The van der Waals surface area contributed by atoms with E-state index in [4.69, 9.17) is 5.11 Å². The number of rotatable bonds is 4. The largest absolute Gasteiger partial charge is 0.481 e. The normalized spacial score (nSPS) is 21.2. The number of carboxylic acids is 1. The Morgan fingerprint density at radius 1 is 1.59 bits per heavy atom. The molecule has 1 aliphatic heterocycles. The van der Waals surface area contributed by atoms with Gasteiger partial charge in [0.05, 0.1) is 6.42 Å². The molecule has 17 heavy (non-hydrogen) atoms. The highest BCUT2D eigenvalue weighted by molar-refractivity contribution is 5.88. The van der Waals surface area contributed by atoms with Gasteiger partial charge in [-0.2, -0.15) is 0 Å². The Morgan fingerprint density at radius 3 is 2.71 bits per heavy atom. The molecule has 2 atom stereocenters. The first-order valence-corrected chi connectivity index (χ1v) is 5.44. The highest BCUT2D eigenvalue weighted by Crippen LogP contribution is 2.08. The third kappa shape index (κ3) is 3.93. The van der Waals surface area contributed by atoms with Gasteiger partial charge in [-0.25, -0.2) is 4.79 Å². The molecule has 0 aromatic carbocycles. The van der Waals surface area contributed by atoms with Crippen molar-refractivity contribution in [2.75, 3.05) is 13.6 Å². The summed E-state index contributed by atoms with van der Waals surface area (Å²) >= 11 is 0. The highest BCUT2D eigenvalue weighted by atomic mass is 16.4. The number of hydrogen-bond donors (Lipinski definition) is 3. The van der Waals surface area contributed by atoms with E-state index < -0.39 is 24.1 Å². The molecular weight excluding hydrogens is 226 g/mol. The predicted molar refractivity (Wildman–Crippen MR) is 59.4 cm³/mol. The van der Waals surface area contributed by atoms with E-state index in [1.54, 1.807) is 18.9 Å². The minimum Gasteiger partial charge on any atom is -0.481 e. The van der Waals surface area contributed by atoms with E-state index in [9.17, 15) is 14.4 Å². The van der Waals surface area contributed by atoms with Crippen LogP contribution in [0.2, 0.25) is 0 Å². The molecule has 3 N–H and O–H groups in total. The Labute approximate surface area is 99.2 Å². The number of amides is 3. The number of nitrogens with one attached hydrogen (secondary N) is 2. The second-order valence-corrected chi connectivity index (χ2v) is 4.22. The van der Waals surface area contributed by atoms with Gasteiger partial charge in [-0.15, -0.1) is 0 Å². The highest BCUT2D eigenvalue weighted by Gasteiger charge is 2.30. The van der Waals surface area contributed by atoms with Crippen molar-refractivity contribution in [3.8, 4) is 0 Å². The summed E-state index contributed by atoms with van der Waals surface area (Å²) in [7, 11) is 1.68. The fourth-order valence-corrected chi connectivity index (χ4v) is 1.69. The molecule has 7 heteroatoms. The number of urea groups is 1. The van der Waals surface area contributed by atoms with Crippen LogP contribution in [0, 0.1) is 0 Å². The maximum Gasteiger partial charge on any atom is 0.315 e. The Bertz CT molecular complexity index is 332. The molecule has 7 nitrogen and oxygen atoms in total. The number of carboxylic acid groups (broad SMARTS) is 1. The number of hydrogen-bond acceptors (Lipinski definition) is 3. The number of nitrogens with zero attached hydrogens (tertiary/aromatic N) is 1. The standard InChI is InChI=1S/C10H17N3O4/c1-6(5-8(14)15)11-10(17)12-7-3-4-13(2)9(7)16/h6-7H,3-5H2,1-2H3,(H,14,15)(H2,11,12,17). The Kier molecular flexibility index (Phi) is 4.30. The van der Waals surface area contributed by atoms with Crippen LogP contribution in [0.3, 0.4) is 0 Å². The van der Waals surface area contributed by atoms with Gasteiger partial charge in [-0.05, 0) is 13.3 Å². The van der Waals surface area contributed by atoms with Gasteiger partial charge in [0.2, 0.25) is 5.91 Å². The summed E-state index contributed by atoms with van der Waals surface area (Å²) < 4.78 is 0. The number of aliphatic carboxylic acids is 1. The summed E-state index contributed by atoms with van der Waals surface area (Å²) in [5, 5.41) is 13.5. The van der Waals surface area contributed by atoms with Gasteiger partial charge in [-0.1, -0.05) is 0 Å². The molecular formula is C10H17N3O4. The van der Waals surface area contributed by atoms with Crippen molar-refractivity contribution in [3.63, 3.8) is 0 Å². The molecule has 1 fully saturated rings. The molecule has 2 unspecified atom stereocenters. The van der Waals surface area contributed by atoms with E-state index in [0.717, 1.165) is 0 Å². The van der Waals surface area contributed by atoms with E-state index in [1.165, 1.54) is 0 Å². The summed E-state index contributed by atoms with van der Waals surface area (Å²) in [6.07, 6.45) is 0.433. The maximum absolute atomic E-state index is 11.5. The first-order valence-electron chi connectivity index (χ1n) is 5.44. The SMILES string of the molecule is CC(CC(=O)O)NC(=O)NC1CCN(C)C1=O. The van der Waals surface area contributed by atoms with Gasteiger partial charge in [0, 0.05) is 19.6 Å². The lowest BCUT2D eigenvalue weighted by atomic mass is 10.2. The third-order valence-corrected chi connectivity index (χ3v) is 2.59. The van der Waals surface area contributed by atoms with Crippen LogP contribution in [0.1, 0.15) is 19.8 Å². The molecule has 0 saturated carbocycles. The summed E-state index contributed by atoms with van der Waals surface area (Å²) in [5.74, 6) is -1.10. The molecule has 0 radical (unpaired) electrons. The van der Waals surface area contributed by atoms with Gasteiger partial charge in [-0.3, -0.25) is 9.59 Å². The average molecular weight is 243 g/mol. The summed E-state index contributed by atoms with van der Waals surface area (Å²) in [6.45, 7) is 2.21. The smallest absolute Gasteiger partial charge is 0.315 e. The fourth-order valence-electron chi connectivity index (χ4n) is 1.69. The van der Waals surface area contributed by atoms with E-state index in [0.29, 0.717) is 13.0 Å². The Morgan fingerprint density at radius 2 is 2.24 bits per heavy atom. The molecule has 0 spiro atoms. The quantitative estimate of drug-likeness (QED) is 0.612. The predicted octanol–water partition coefficient (Wildman–Crippen LogP) is -0.620. The van der Waals surface area contributed by atoms with Crippen molar-refractivity contribution >= 4 is 17.9 Å². The fraction of sp³-hybridized carbons (Fsp3) is 0.700. The zero-order valence-electron chi connectivity index (χ0n) is 9.90. The first-order chi connectivity index (χ1) is 7.90. The molecule has 0 aromatic rings. The lowest BCUT2D eigenvalue weighted by Gasteiger charge is -2.15. The van der Waals surface area contributed by atoms with Crippen LogP contribution >= 0.6 is 0 Å². The van der Waals surface area contributed by atoms with E-state index >= 15 is 0 Å². The zero-order chi connectivity index (χ0) is 13.0. The van der Waals surface area contributed by atoms with Crippen LogP contribution in [0.5, 0.6) is 0 Å². The van der Waals surface area contributed by atoms with Crippen LogP contribution < -0.4 is 10.6 Å². The van der Waals surface area contributed by atoms with Gasteiger partial charge >= 0.3 is 12.0 Å². The lowest BCUT2D eigenvalue weighted by Crippen LogP contribution is -2.48. The molecule has 1 aliphatic rings. The molecule has 1 heterocycles. The average Bonchev–Trinajstić information content (AvgIpc) is 2.48. The summed E-state index contributed by atoms with van der Waals surface area (Å²) in [6, 6.07) is -1.48. The van der Waals surface area contributed by atoms with E-state index in [1.807, 2.05) is 0 Å². The van der Waals surface area contributed by atoms with Crippen molar-refractivity contribution in [1.82, 2.24) is 15.5 Å². The van der Waals surface area contributed by atoms with Gasteiger partial charge < -0.3 is 20.6 Å². The third-order valence-electron chi connectivity index (χ3n) is 2.59. The lowest BCUT2D eigenvalue weighted by molar-refractivity contribution is -0.137. The van der Waals surface area contributed by atoms with E-state index in [2.05, 4.69) is 10.6 Å². The zero-order valence-corrected chi connectivity index (χ0v) is 9.90. The maximum atomic E-state index is 11.5. The van der Waals surface area contributed by atoms with Crippen molar-refractivity contribution < 1.29 is 19.5 Å². The number of carbonyl (C=O) groups is 3. The molecule has 0 aromatic heterocycles. The number of likely N-dealkylation sites (tertiary alicyclic amines) is 1. The van der Waals surface area contributed by atoms with Gasteiger partial charge in [0.25, 0.3) is 0 Å². The topological polar surface area (TPSA) is 98.7 Å². The van der Waals surface area contributed by atoms with Crippen LogP contribution in [0.25, 0.3) is 0 Å². The van der Waals surface area contributed by atoms with Crippen LogP contribution in [-0.2, 0) is 9.59 Å². The van der Waals surface area contributed by atoms with Crippen molar-refractivity contribution in [1.29, 1.82) is 0 Å². The second kappa shape index (κ2) is 5.51. The van der Waals surface area contributed by atoms with Crippen LogP contribution in [0.4, 0.5) is 4.79 Å².